The number of fused-ring (bicyclic) bond motifs is 1. The van der Waals surface area contributed by atoms with Gasteiger partial charge in [-0.15, -0.1) is 5.10 Å². The molecular formula is C29H46N4O5S3. The van der Waals surface area contributed by atoms with Gasteiger partial charge in [-0.05, 0) is 36.8 Å². The number of nitrogens with zero attached hydrogens (tertiary/aromatic N) is 3. The minimum Gasteiger partial charge on any atom is -0.318 e. The number of hydrogen-bond acceptors (Lipinski definition) is 7. The van der Waals surface area contributed by atoms with Gasteiger partial charge < -0.3 is 4.57 Å². The van der Waals surface area contributed by atoms with E-state index in [1.807, 2.05) is 18.2 Å². The first-order chi connectivity index (χ1) is 19.6. The molecule has 0 amide bonds. The highest BCUT2D eigenvalue weighted by molar-refractivity contribution is 7.89. The summed E-state index contributed by atoms with van der Waals surface area (Å²) in [7, 11) is -6.20. The van der Waals surface area contributed by atoms with E-state index in [2.05, 4.69) is 21.8 Å². The summed E-state index contributed by atoms with van der Waals surface area (Å²) in [6.07, 6.45) is 20.4. The summed E-state index contributed by atoms with van der Waals surface area (Å²) in [4.78, 5) is 6.24. The number of pyridine rings is 1. The molecule has 0 radical (unpaired) electrons. The van der Waals surface area contributed by atoms with Crippen LogP contribution in [-0.4, -0.2) is 36.7 Å². The molecular weight excluding hydrogens is 581 g/mol. The fourth-order valence-electron chi connectivity index (χ4n) is 4.33. The molecule has 0 bridgehead atoms. The van der Waals surface area contributed by atoms with Gasteiger partial charge in [0, 0.05) is 19.4 Å². The summed E-state index contributed by atoms with van der Waals surface area (Å²) in [6.45, 7) is 2.24. The van der Waals surface area contributed by atoms with Gasteiger partial charge in [-0.2, -0.15) is 8.42 Å². The maximum absolute atomic E-state index is 12.3. The van der Waals surface area contributed by atoms with Crippen molar-refractivity contribution in [2.45, 2.75) is 102 Å². The first kappa shape index (κ1) is 34.9. The molecule has 0 saturated heterocycles. The normalized spacial score (nSPS) is 12.3. The van der Waals surface area contributed by atoms with E-state index in [0.717, 1.165) is 24.0 Å². The molecule has 12 heteroatoms. The molecule has 2 heterocycles. The van der Waals surface area contributed by atoms with Crippen LogP contribution in [0.2, 0.25) is 0 Å². The van der Waals surface area contributed by atoms with E-state index in [1.165, 1.54) is 87.7 Å². The van der Waals surface area contributed by atoms with Crippen LogP contribution in [0, 0.1) is 0 Å². The van der Waals surface area contributed by atoms with Crippen molar-refractivity contribution in [3.8, 4) is 0 Å². The van der Waals surface area contributed by atoms with Crippen molar-refractivity contribution in [3.05, 3.63) is 53.6 Å². The summed E-state index contributed by atoms with van der Waals surface area (Å²) in [5.74, 6) is 0.0239. The van der Waals surface area contributed by atoms with Crippen LogP contribution in [0.15, 0.2) is 58.8 Å². The van der Waals surface area contributed by atoms with Gasteiger partial charge in [0.05, 0.1) is 20.9 Å². The van der Waals surface area contributed by atoms with E-state index in [0.29, 0.717) is 16.7 Å². The van der Waals surface area contributed by atoms with Crippen LogP contribution in [0.3, 0.4) is 0 Å². The van der Waals surface area contributed by atoms with Gasteiger partial charge in [-0.1, -0.05) is 108 Å². The Morgan fingerprint density at radius 2 is 1.37 bits per heavy atom. The third-order valence-corrected chi connectivity index (χ3v) is 9.85. The maximum Gasteiger partial charge on any atom is 0.294 e. The predicted molar refractivity (Wildman–Crippen MR) is 168 cm³/mol. The second-order valence-corrected chi connectivity index (χ2v) is 14.4. The number of sulfonamides is 1. The number of nitrogens with one attached hydrogen (secondary N) is 1. The first-order valence-electron chi connectivity index (χ1n) is 14.6. The Labute approximate surface area is 249 Å². The van der Waals surface area contributed by atoms with Crippen LogP contribution >= 0.6 is 11.3 Å². The van der Waals surface area contributed by atoms with E-state index in [-0.39, 0.29) is 10.6 Å². The minimum absolute atomic E-state index is 0.0239. The number of thiazole rings is 1. The van der Waals surface area contributed by atoms with Crippen LogP contribution in [0.1, 0.15) is 96.8 Å². The van der Waals surface area contributed by atoms with E-state index in [1.54, 1.807) is 30.1 Å². The van der Waals surface area contributed by atoms with Crippen molar-refractivity contribution in [3.63, 3.8) is 0 Å². The molecule has 1 aromatic carbocycles. The van der Waals surface area contributed by atoms with Crippen LogP contribution < -0.4 is 9.63 Å². The highest BCUT2D eigenvalue weighted by Gasteiger charge is 2.13. The second kappa shape index (κ2) is 19.0. The Balaban J connectivity index is 0.000000864. The van der Waals surface area contributed by atoms with Crippen molar-refractivity contribution in [1.82, 2.24) is 14.4 Å². The number of rotatable bonds is 18. The number of unbranched alkanes of at least 4 members (excludes halogenated alkanes) is 13. The Bertz CT molecular complexity index is 1390. The molecule has 0 atom stereocenters. The summed E-state index contributed by atoms with van der Waals surface area (Å²) in [5.41, 5.74) is 0.537. The average Bonchev–Trinajstić information content (AvgIpc) is 3.27. The summed E-state index contributed by atoms with van der Waals surface area (Å²) in [5, 5.41) is 4.02. The van der Waals surface area contributed by atoms with Gasteiger partial charge in [0.2, 0.25) is 14.8 Å². The number of hydrogen-bond donors (Lipinski definition) is 2. The Hall–Kier alpha value is -2.28. The molecule has 0 unspecified atom stereocenters. The van der Waals surface area contributed by atoms with E-state index in [4.69, 9.17) is 0 Å². The van der Waals surface area contributed by atoms with Crippen molar-refractivity contribution in [2.24, 2.45) is 12.1 Å². The number of aromatic nitrogens is 2. The highest BCUT2D eigenvalue weighted by Crippen LogP contribution is 2.21. The molecule has 2 aromatic heterocycles. The standard InChI is InChI=1S/C24H41N3O5S3.C5H5N/c1-3-4-5-6-7-8-9-10-11-12-13-14-15-16-19-34(28,29)26-25-24-27(2)22-20-21(35(30,31)32)17-18-23(22)33-24;1-2-4-6-5-3-1/h17-18,20,26H,3-16,19H2,1-2H3,(H,30,31,32);1-5H/b25-24-;. The smallest absolute Gasteiger partial charge is 0.294 e. The van der Waals surface area contributed by atoms with Crippen molar-refractivity contribution < 1.29 is 21.4 Å². The lowest BCUT2D eigenvalue weighted by atomic mass is 10.0. The molecule has 0 aliphatic heterocycles. The lowest BCUT2D eigenvalue weighted by molar-refractivity contribution is 0.483. The Morgan fingerprint density at radius 3 is 1.83 bits per heavy atom. The lowest BCUT2D eigenvalue weighted by Gasteiger charge is -2.04. The Kier molecular flexibility index (Phi) is 16.2. The van der Waals surface area contributed by atoms with Crippen molar-refractivity contribution >= 4 is 41.7 Å². The van der Waals surface area contributed by atoms with Gasteiger partial charge in [0.1, 0.15) is 0 Å². The van der Waals surface area contributed by atoms with E-state index >= 15 is 0 Å². The summed E-state index contributed by atoms with van der Waals surface area (Å²) < 4.78 is 58.9. The molecule has 0 aliphatic carbocycles. The van der Waals surface area contributed by atoms with Gasteiger partial charge in [-0.3, -0.25) is 9.54 Å². The molecule has 0 aliphatic rings. The third-order valence-electron chi connectivity index (χ3n) is 6.69. The van der Waals surface area contributed by atoms with Crippen molar-refractivity contribution in [2.75, 3.05) is 5.75 Å². The van der Waals surface area contributed by atoms with Gasteiger partial charge >= 0.3 is 0 Å². The fourth-order valence-corrected chi connectivity index (χ4v) is 6.75. The zero-order valence-electron chi connectivity index (χ0n) is 24.4. The maximum atomic E-state index is 12.3. The Morgan fingerprint density at radius 1 is 0.829 bits per heavy atom. The molecule has 3 rings (SSSR count). The zero-order chi connectivity index (χ0) is 30.0. The van der Waals surface area contributed by atoms with Gasteiger partial charge in [0.15, 0.2) is 0 Å². The largest absolute Gasteiger partial charge is 0.318 e. The molecule has 230 valence electrons. The van der Waals surface area contributed by atoms with Gasteiger partial charge in [-0.25, -0.2) is 13.2 Å². The summed E-state index contributed by atoms with van der Waals surface area (Å²) in [6, 6.07) is 9.92. The molecule has 0 spiro atoms. The second-order valence-electron chi connectivity index (χ2n) is 10.2. The molecule has 9 nitrogen and oxygen atoms in total. The van der Waals surface area contributed by atoms with Crippen molar-refractivity contribution in [1.29, 1.82) is 0 Å². The first-order valence-corrected chi connectivity index (χ1v) is 18.5. The van der Waals surface area contributed by atoms with E-state index in [9.17, 15) is 21.4 Å². The van der Waals surface area contributed by atoms with Crippen LogP contribution in [0.5, 0.6) is 0 Å². The molecule has 2 N–H and O–H groups in total. The van der Waals surface area contributed by atoms with Crippen LogP contribution in [0.4, 0.5) is 0 Å². The fraction of sp³-hybridized carbons (Fsp3) is 0.586. The predicted octanol–water partition coefficient (Wildman–Crippen LogP) is 6.78. The lowest BCUT2D eigenvalue weighted by Crippen LogP contribution is -2.25. The monoisotopic (exact) mass is 626 g/mol. The molecule has 3 aromatic rings. The number of aryl methyl sites for hydroxylation is 1. The van der Waals surface area contributed by atoms with E-state index < -0.39 is 20.1 Å². The third kappa shape index (κ3) is 14.4. The molecule has 41 heavy (non-hydrogen) atoms. The van der Waals surface area contributed by atoms with Crippen LogP contribution in [0.25, 0.3) is 10.2 Å². The SMILES string of the molecule is CCCCCCCCCCCCCCCCS(=O)(=O)N/N=c1\sc2ccc(S(=O)(=O)O)cc2n1C.c1ccncc1. The zero-order valence-corrected chi connectivity index (χ0v) is 26.8. The average molecular weight is 627 g/mol. The van der Waals surface area contributed by atoms with Crippen LogP contribution in [-0.2, 0) is 27.2 Å². The molecule has 0 fully saturated rings. The number of benzene rings is 1. The summed E-state index contributed by atoms with van der Waals surface area (Å²) >= 11 is 1.23. The minimum atomic E-state index is -4.32. The quantitative estimate of drug-likeness (QED) is 0.0909. The highest BCUT2D eigenvalue weighted by atomic mass is 32.2. The topological polar surface area (TPSA) is 131 Å². The van der Waals surface area contributed by atoms with Gasteiger partial charge in [0.25, 0.3) is 10.1 Å². The molecule has 0 saturated carbocycles.